The zero-order valence-electron chi connectivity index (χ0n) is 14.2. The molecule has 140 valence electrons. The van der Waals surface area contributed by atoms with Gasteiger partial charge in [0.2, 0.25) is 11.8 Å². The highest BCUT2D eigenvalue weighted by molar-refractivity contribution is 5.94. The lowest BCUT2D eigenvalue weighted by Gasteiger charge is -2.21. The molecule has 25 heavy (non-hydrogen) atoms. The molecule has 1 aliphatic rings. The fourth-order valence-electron chi connectivity index (χ4n) is 2.79. The van der Waals surface area contributed by atoms with Crippen molar-refractivity contribution in [3.63, 3.8) is 0 Å². The van der Waals surface area contributed by atoms with Gasteiger partial charge in [-0.2, -0.15) is 0 Å². The van der Waals surface area contributed by atoms with E-state index in [4.69, 9.17) is 0 Å². The predicted molar refractivity (Wildman–Crippen MR) is 94.7 cm³/mol. The molecular weight excluding hydrogens is 352 g/mol. The van der Waals surface area contributed by atoms with Crippen molar-refractivity contribution in [1.82, 2.24) is 10.2 Å². The number of hydrogen-bond acceptors (Lipinski definition) is 3. The van der Waals surface area contributed by atoms with Crippen LogP contribution in [0.3, 0.4) is 0 Å². The number of carbonyl (C=O) groups is 2. The first kappa shape index (κ1) is 21.3. The van der Waals surface area contributed by atoms with Crippen molar-refractivity contribution in [3.8, 4) is 0 Å². The van der Waals surface area contributed by atoms with Gasteiger partial charge in [-0.1, -0.05) is 6.07 Å². The Morgan fingerprint density at radius 1 is 1.32 bits per heavy atom. The molecule has 1 heterocycles. The molecule has 1 fully saturated rings. The van der Waals surface area contributed by atoms with E-state index < -0.39 is 23.2 Å². The van der Waals surface area contributed by atoms with Gasteiger partial charge >= 0.3 is 0 Å². The summed E-state index contributed by atoms with van der Waals surface area (Å²) in [6.07, 6.45) is 2.22. The normalized spacial score (nSPS) is 16.2. The van der Waals surface area contributed by atoms with Crippen LogP contribution in [0.5, 0.6) is 0 Å². The second kappa shape index (κ2) is 10.3. The Kier molecular flexibility index (Phi) is 8.78. The summed E-state index contributed by atoms with van der Waals surface area (Å²) in [7, 11) is 0. The zero-order chi connectivity index (χ0) is 17.5. The van der Waals surface area contributed by atoms with Crippen molar-refractivity contribution >= 4 is 29.9 Å². The number of nitrogens with one attached hydrogen (secondary N) is 2. The summed E-state index contributed by atoms with van der Waals surface area (Å²) >= 11 is 0. The first-order valence-corrected chi connectivity index (χ1v) is 8.23. The van der Waals surface area contributed by atoms with Crippen LogP contribution >= 0.6 is 12.4 Å². The van der Waals surface area contributed by atoms with Gasteiger partial charge in [0.1, 0.15) is 17.3 Å². The van der Waals surface area contributed by atoms with Crippen LogP contribution in [0, 0.1) is 17.6 Å². The van der Waals surface area contributed by atoms with Crippen LogP contribution in [0.25, 0.3) is 0 Å². The van der Waals surface area contributed by atoms with E-state index in [0.717, 1.165) is 38.1 Å². The molecule has 1 saturated heterocycles. The van der Waals surface area contributed by atoms with E-state index in [2.05, 4.69) is 10.6 Å². The summed E-state index contributed by atoms with van der Waals surface area (Å²) in [5.41, 5.74) is -0.483. The SMILES string of the molecule is CCN(CC(=O)Nc1c(F)cccc1F)C(=O)CCC1CCNC1.Cl. The first-order chi connectivity index (χ1) is 11.5. The quantitative estimate of drug-likeness (QED) is 0.770. The number of anilines is 1. The van der Waals surface area contributed by atoms with Gasteiger partial charge in [0, 0.05) is 13.0 Å². The molecule has 1 unspecified atom stereocenters. The van der Waals surface area contributed by atoms with Gasteiger partial charge in [-0.05, 0) is 50.9 Å². The van der Waals surface area contributed by atoms with Gasteiger partial charge in [-0.15, -0.1) is 12.4 Å². The Morgan fingerprint density at radius 3 is 2.56 bits per heavy atom. The van der Waals surface area contributed by atoms with E-state index in [9.17, 15) is 18.4 Å². The van der Waals surface area contributed by atoms with Gasteiger partial charge in [0.25, 0.3) is 0 Å². The third kappa shape index (κ3) is 6.25. The fraction of sp³-hybridized carbons (Fsp3) is 0.529. The van der Waals surface area contributed by atoms with Crippen molar-refractivity contribution in [2.24, 2.45) is 5.92 Å². The van der Waals surface area contributed by atoms with Crippen LogP contribution < -0.4 is 10.6 Å². The summed E-state index contributed by atoms with van der Waals surface area (Å²) in [5.74, 6) is -1.92. The molecule has 8 heteroatoms. The number of hydrogen-bond donors (Lipinski definition) is 2. The Labute approximate surface area is 152 Å². The van der Waals surface area contributed by atoms with Crippen LogP contribution in [0.4, 0.5) is 14.5 Å². The van der Waals surface area contributed by atoms with Crippen molar-refractivity contribution in [3.05, 3.63) is 29.8 Å². The van der Waals surface area contributed by atoms with Crippen LogP contribution in [0.15, 0.2) is 18.2 Å². The molecule has 2 N–H and O–H groups in total. The van der Waals surface area contributed by atoms with E-state index in [1.54, 1.807) is 6.92 Å². The topological polar surface area (TPSA) is 61.4 Å². The lowest BCUT2D eigenvalue weighted by molar-refractivity contribution is -0.134. The van der Waals surface area contributed by atoms with Crippen molar-refractivity contribution in [2.45, 2.75) is 26.2 Å². The molecular formula is C17H24ClF2N3O2. The predicted octanol–water partition coefficient (Wildman–Crippen LogP) is 2.56. The highest BCUT2D eigenvalue weighted by atomic mass is 35.5. The molecule has 2 rings (SSSR count). The molecule has 0 aliphatic carbocycles. The molecule has 5 nitrogen and oxygen atoms in total. The average Bonchev–Trinajstić information content (AvgIpc) is 3.07. The van der Waals surface area contributed by atoms with Crippen molar-refractivity contribution in [1.29, 1.82) is 0 Å². The number of nitrogens with zero attached hydrogens (tertiary/aromatic N) is 1. The number of rotatable bonds is 7. The largest absolute Gasteiger partial charge is 0.334 e. The third-order valence-electron chi connectivity index (χ3n) is 4.22. The monoisotopic (exact) mass is 375 g/mol. The third-order valence-corrected chi connectivity index (χ3v) is 4.22. The Bertz CT molecular complexity index is 575. The summed E-state index contributed by atoms with van der Waals surface area (Å²) in [6.45, 7) is 3.83. The first-order valence-electron chi connectivity index (χ1n) is 8.23. The Hall–Kier alpha value is -1.73. The minimum Gasteiger partial charge on any atom is -0.334 e. The summed E-state index contributed by atoms with van der Waals surface area (Å²) < 4.78 is 27.1. The summed E-state index contributed by atoms with van der Waals surface area (Å²) in [4.78, 5) is 25.6. The average molecular weight is 376 g/mol. The number of carbonyl (C=O) groups excluding carboxylic acids is 2. The Morgan fingerprint density at radius 2 is 2.00 bits per heavy atom. The molecule has 0 saturated carbocycles. The van der Waals surface area contributed by atoms with E-state index in [0.29, 0.717) is 18.9 Å². The number of likely N-dealkylation sites (N-methyl/N-ethyl adjacent to an activating group) is 1. The highest BCUT2D eigenvalue weighted by Gasteiger charge is 2.20. The molecule has 1 atom stereocenters. The van der Waals surface area contributed by atoms with Crippen molar-refractivity contribution < 1.29 is 18.4 Å². The van der Waals surface area contributed by atoms with E-state index in [1.807, 2.05) is 0 Å². The van der Waals surface area contributed by atoms with E-state index in [-0.39, 0.29) is 24.9 Å². The lowest BCUT2D eigenvalue weighted by atomic mass is 10.0. The van der Waals surface area contributed by atoms with Crippen LogP contribution in [-0.2, 0) is 9.59 Å². The molecule has 1 aromatic carbocycles. The van der Waals surface area contributed by atoms with E-state index >= 15 is 0 Å². The molecule has 0 aromatic heterocycles. The molecule has 0 bridgehead atoms. The number of halogens is 3. The van der Waals surface area contributed by atoms with Crippen molar-refractivity contribution in [2.75, 3.05) is 31.5 Å². The van der Waals surface area contributed by atoms with Gasteiger partial charge in [-0.3, -0.25) is 9.59 Å². The maximum Gasteiger partial charge on any atom is 0.244 e. The minimum atomic E-state index is -0.841. The standard InChI is InChI=1S/C17H23F2N3O2.ClH/c1-2-22(16(24)7-6-12-8-9-20-10-12)11-15(23)21-17-13(18)4-3-5-14(17)19;/h3-5,12,20H,2,6-11H2,1H3,(H,21,23);1H. The van der Waals surface area contributed by atoms with Crippen LogP contribution in [0.2, 0.25) is 0 Å². The van der Waals surface area contributed by atoms with Gasteiger partial charge < -0.3 is 15.5 Å². The van der Waals surface area contributed by atoms with Crippen LogP contribution in [0.1, 0.15) is 26.2 Å². The van der Waals surface area contributed by atoms with E-state index in [1.165, 1.54) is 11.0 Å². The number of benzene rings is 1. The molecule has 0 spiro atoms. The highest BCUT2D eigenvalue weighted by Crippen LogP contribution is 2.18. The molecule has 1 aromatic rings. The number of amides is 2. The molecule has 2 amide bonds. The molecule has 1 aliphatic heterocycles. The van der Waals surface area contributed by atoms with Gasteiger partial charge in [0.05, 0.1) is 6.54 Å². The lowest BCUT2D eigenvalue weighted by Crippen LogP contribution is -2.38. The Balaban J connectivity index is 0.00000312. The fourth-order valence-corrected chi connectivity index (χ4v) is 2.79. The van der Waals surface area contributed by atoms with Gasteiger partial charge in [0.15, 0.2) is 0 Å². The number of para-hydroxylation sites is 1. The second-order valence-electron chi connectivity index (χ2n) is 5.95. The van der Waals surface area contributed by atoms with Gasteiger partial charge in [-0.25, -0.2) is 8.78 Å². The maximum atomic E-state index is 13.5. The minimum absolute atomic E-state index is 0. The maximum absolute atomic E-state index is 13.5. The molecule has 0 radical (unpaired) electrons. The zero-order valence-corrected chi connectivity index (χ0v) is 15.0. The summed E-state index contributed by atoms with van der Waals surface area (Å²) in [5, 5.41) is 5.45. The summed E-state index contributed by atoms with van der Waals surface area (Å²) in [6, 6.07) is 3.36. The second-order valence-corrected chi connectivity index (χ2v) is 5.95. The van der Waals surface area contributed by atoms with Crippen LogP contribution in [-0.4, -0.2) is 42.9 Å². The smallest absolute Gasteiger partial charge is 0.244 e.